The van der Waals surface area contributed by atoms with Gasteiger partial charge in [0.15, 0.2) is 0 Å². The lowest BCUT2D eigenvalue weighted by molar-refractivity contribution is -0.143. The van der Waals surface area contributed by atoms with Gasteiger partial charge in [-0.2, -0.15) is 0 Å². The highest BCUT2D eigenvalue weighted by molar-refractivity contribution is 5.96. The maximum atomic E-state index is 13.6. The van der Waals surface area contributed by atoms with Crippen molar-refractivity contribution < 1.29 is 39.3 Å². The quantitative estimate of drug-likeness (QED) is 0.0946. The molecule has 0 saturated carbocycles. The van der Waals surface area contributed by atoms with Crippen molar-refractivity contribution in [1.82, 2.24) is 20.9 Å². The summed E-state index contributed by atoms with van der Waals surface area (Å²) in [7, 11) is 0. The van der Waals surface area contributed by atoms with E-state index in [9.17, 15) is 39.3 Å². The molecule has 13 heteroatoms. The summed E-state index contributed by atoms with van der Waals surface area (Å²) in [5.74, 6) is -5.23. The molecule has 9 N–H and O–H groups in total. The Bertz CT molecular complexity index is 1690. The van der Waals surface area contributed by atoms with Crippen LogP contribution in [0.5, 0.6) is 5.75 Å². The predicted molar refractivity (Wildman–Crippen MR) is 168 cm³/mol. The highest BCUT2D eigenvalue weighted by atomic mass is 16.4. The van der Waals surface area contributed by atoms with Gasteiger partial charge in [0, 0.05) is 29.9 Å². The fraction of sp³-hybridized carbons (Fsp3) is 0.242. The number of nitrogens with two attached hydrogens (primary N) is 1. The number of aromatic amines is 1. The summed E-state index contributed by atoms with van der Waals surface area (Å²) in [6.07, 6.45) is 0.808. The van der Waals surface area contributed by atoms with E-state index in [1.807, 2.05) is 24.3 Å². The van der Waals surface area contributed by atoms with Gasteiger partial charge in [-0.15, -0.1) is 0 Å². The normalized spacial score (nSPS) is 13.6. The highest BCUT2D eigenvalue weighted by Crippen LogP contribution is 2.19. The van der Waals surface area contributed by atoms with Gasteiger partial charge in [0.2, 0.25) is 17.7 Å². The zero-order valence-corrected chi connectivity index (χ0v) is 24.7. The minimum Gasteiger partial charge on any atom is -0.508 e. The van der Waals surface area contributed by atoms with E-state index in [-0.39, 0.29) is 25.0 Å². The third kappa shape index (κ3) is 9.16. The second-order valence-electron chi connectivity index (χ2n) is 10.9. The minimum absolute atomic E-state index is 0.0294. The van der Waals surface area contributed by atoms with Crippen molar-refractivity contribution in [2.45, 2.75) is 49.9 Å². The highest BCUT2D eigenvalue weighted by Gasteiger charge is 2.32. The molecule has 0 aliphatic rings. The molecule has 3 aromatic carbocycles. The number of benzene rings is 3. The molecule has 46 heavy (non-hydrogen) atoms. The lowest BCUT2D eigenvalue weighted by Gasteiger charge is -2.25. The van der Waals surface area contributed by atoms with Crippen LogP contribution in [0.2, 0.25) is 0 Å². The standard InChI is InChI=1S/C33H35N5O8/c34-24(14-20-10-12-22(39)13-11-20)30(42)36-27(17-29(40)41)32(44)37-26(15-19-6-2-1-3-7-19)31(43)38-28(33(45)46)16-21-18-35-25-9-5-4-8-23(21)25/h1-13,18,24,26-28,35,39H,14-17,34H2,(H,36,42)(H,37,44)(H,38,43)(H,40,41)(H,45,46). The number of carboxylic acid groups (broad SMARTS) is 2. The van der Waals surface area contributed by atoms with Crippen LogP contribution in [0.25, 0.3) is 10.9 Å². The molecule has 240 valence electrons. The average Bonchev–Trinajstić information content (AvgIpc) is 3.44. The zero-order valence-electron chi connectivity index (χ0n) is 24.7. The molecule has 0 bridgehead atoms. The second kappa shape index (κ2) is 15.3. The molecule has 13 nitrogen and oxygen atoms in total. The van der Waals surface area contributed by atoms with Crippen molar-refractivity contribution in [1.29, 1.82) is 0 Å². The van der Waals surface area contributed by atoms with Gasteiger partial charge < -0.3 is 42.0 Å². The van der Waals surface area contributed by atoms with Crippen molar-refractivity contribution in [2.24, 2.45) is 5.73 Å². The minimum atomic E-state index is -1.59. The van der Waals surface area contributed by atoms with Gasteiger partial charge in [0.05, 0.1) is 12.5 Å². The lowest BCUT2D eigenvalue weighted by Crippen LogP contribution is -2.58. The molecule has 4 atom stereocenters. The van der Waals surface area contributed by atoms with E-state index in [1.54, 1.807) is 48.7 Å². The number of aromatic nitrogens is 1. The van der Waals surface area contributed by atoms with Crippen LogP contribution in [-0.2, 0) is 43.2 Å². The van der Waals surface area contributed by atoms with Crippen LogP contribution in [0.4, 0.5) is 0 Å². The van der Waals surface area contributed by atoms with Gasteiger partial charge in [-0.1, -0.05) is 60.7 Å². The van der Waals surface area contributed by atoms with Gasteiger partial charge in [-0.3, -0.25) is 19.2 Å². The van der Waals surface area contributed by atoms with E-state index in [0.29, 0.717) is 16.7 Å². The van der Waals surface area contributed by atoms with Gasteiger partial charge in [-0.05, 0) is 41.3 Å². The first-order valence-corrected chi connectivity index (χ1v) is 14.5. The molecule has 1 heterocycles. The third-order valence-electron chi connectivity index (χ3n) is 7.37. The van der Waals surface area contributed by atoms with Crippen LogP contribution in [0.15, 0.2) is 85.1 Å². The number of amides is 3. The number of fused-ring (bicyclic) bond motifs is 1. The maximum Gasteiger partial charge on any atom is 0.326 e. The summed E-state index contributed by atoms with van der Waals surface area (Å²) in [4.78, 5) is 66.8. The number of carbonyl (C=O) groups is 5. The van der Waals surface area contributed by atoms with Gasteiger partial charge >= 0.3 is 11.9 Å². The molecule has 0 radical (unpaired) electrons. The predicted octanol–water partition coefficient (Wildman–Crippen LogP) is 1.24. The Morgan fingerprint density at radius 2 is 1.26 bits per heavy atom. The topological polar surface area (TPSA) is 224 Å². The molecule has 3 amide bonds. The molecule has 1 aromatic heterocycles. The number of aliphatic carboxylic acids is 2. The number of hydrogen-bond donors (Lipinski definition) is 8. The van der Waals surface area contributed by atoms with E-state index in [1.165, 1.54) is 12.1 Å². The fourth-order valence-electron chi connectivity index (χ4n) is 4.97. The van der Waals surface area contributed by atoms with Crippen molar-refractivity contribution >= 4 is 40.6 Å². The van der Waals surface area contributed by atoms with Gasteiger partial charge in [0.1, 0.15) is 23.9 Å². The van der Waals surface area contributed by atoms with Crippen LogP contribution < -0.4 is 21.7 Å². The fourth-order valence-corrected chi connectivity index (χ4v) is 4.97. The summed E-state index contributed by atoms with van der Waals surface area (Å²) in [6.45, 7) is 0. The maximum absolute atomic E-state index is 13.6. The smallest absolute Gasteiger partial charge is 0.326 e. The molecule has 4 unspecified atom stereocenters. The molecule has 0 fully saturated rings. The van der Waals surface area contributed by atoms with E-state index < -0.39 is 60.2 Å². The number of hydrogen-bond acceptors (Lipinski definition) is 7. The Hall–Kier alpha value is -5.69. The number of carbonyl (C=O) groups excluding carboxylic acids is 3. The number of nitrogens with one attached hydrogen (secondary N) is 4. The van der Waals surface area contributed by atoms with Crippen molar-refractivity contribution in [3.63, 3.8) is 0 Å². The molecular formula is C33H35N5O8. The molecular weight excluding hydrogens is 594 g/mol. The molecule has 0 saturated heterocycles. The first-order valence-electron chi connectivity index (χ1n) is 14.5. The Labute approximate surface area is 263 Å². The monoisotopic (exact) mass is 629 g/mol. The SMILES string of the molecule is NC(Cc1ccc(O)cc1)C(=O)NC(CC(=O)O)C(=O)NC(Cc1ccccc1)C(=O)NC(Cc1c[nH]c2ccccc12)C(=O)O. The van der Waals surface area contributed by atoms with E-state index in [2.05, 4.69) is 20.9 Å². The number of aromatic hydroxyl groups is 1. The van der Waals surface area contributed by atoms with Crippen LogP contribution in [0.3, 0.4) is 0 Å². The van der Waals surface area contributed by atoms with Crippen LogP contribution in [0.1, 0.15) is 23.1 Å². The largest absolute Gasteiger partial charge is 0.508 e. The lowest BCUT2D eigenvalue weighted by atomic mass is 10.0. The Balaban J connectivity index is 1.50. The summed E-state index contributed by atoms with van der Waals surface area (Å²) < 4.78 is 0. The Kier molecular flexibility index (Phi) is 11.1. The molecule has 0 aliphatic heterocycles. The molecule has 0 aliphatic carbocycles. The third-order valence-corrected chi connectivity index (χ3v) is 7.37. The number of rotatable bonds is 15. The first-order chi connectivity index (χ1) is 22.0. The molecule has 4 aromatic rings. The summed E-state index contributed by atoms with van der Waals surface area (Å²) in [5, 5.41) is 37.1. The average molecular weight is 630 g/mol. The number of phenolic OH excluding ortho intramolecular Hbond substituents is 1. The van der Waals surface area contributed by atoms with Crippen LogP contribution in [0, 0.1) is 0 Å². The molecule has 0 spiro atoms. The second-order valence-corrected chi connectivity index (χ2v) is 10.9. The van der Waals surface area contributed by atoms with E-state index in [4.69, 9.17) is 5.73 Å². The summed E-state index contributed by atoms with van der Waals surface area (Å²) >= 11 is 0. The Morgan fingerprint density at radius 3 is 1.93 bits per heavy atom. The van der Waals surface area contributed by atoms with Crippen LogP contribution >= 0.6 is 0 Å². The van der Waals surface area contributed by atoms with E-state index >= 15 is 0 Å². The number of H-pyrrole nitrogens is 1. The number of para-hydroxylation sites is 1. The van der Waals surface area contributed by atoms with Crippen LogP contribution in [-0.4, -0.2) is 74.1 Å². The summed E-state index contributed by atoms with van der Waals surface area (Å²) in [5.41, 5.74) is 8.75. The number of carboxylic acids is 2. The van der Waals surface area contributed by atoms with Gasteiger partial charge in [-0.25, -0.2) is 4.79 Å². The van der Waals surface area contributed by atoms with Crippen molar-refractivity contribution in [3.8, 4) is 5.75 Å². The Morgan fingerprint density at radius 1 is 0.674 bits per heavy atom. The van der Waals surface area contributed by atoms with Crippen molar-refractivity contribution in [2.75, 3.05) is 0 Å². The number of phenols is 1. The zero-order chi connectivity index (χ0) is 33.2. The van der Waals surface area contributed by atoms with Crippen molar-refractivity contribution in [3.05, 3.63) is 102 Å². The summed E-state index contributed by atoms with van der Waals surface area (Å²) in [6, 6.07) is 16.5. The van der Waals surface area contributed by atoms with Gasteiger partial charge in [0.25, 0.3) is 0 Å². The molecule has 4 rings (SSSR count). The first kappa shape index (κ1) is 33.2. The van der Waals surface area contributed by atoms with E-state index in [0.717, 1.165) is 10.9 Å².